The van der Waals surface area contributed by atoms with Gasteiger partial charge in [-0.05, 0) is 37.1 Å². The SMILES string of the molecule is O=C(O)CCCC[C@H]1SC[C@H]2NC(=O)N(c3ccc(S)cc3)[C@H]21. The Morgan fingerprint density at radius 3 is 2.78 bits per heavy atom. The number of fused-ring (bicyclic) bond motifs is 1. The van der Waals surface area contributed by atoms with Crippen molar-refractivity contribution in [1.29, 1.82) is 0 Å². The fourth-order valence-corrected chi connectivity index (χ4v) is 5.02. The molecule has 124 valence electrons. The summed E-state index contributed by atoms with van der Waals surface area (Å²) in [7, 11) is 0. The van der Waals surface area contributed by atoms with Gasteiger partial charge in [0.25, 0.3) is 0 Å². The van der Waals surface area contributed by atoms with Crippen LogP contribution < -0.4 is 10.2 Å². The number of urea groups is 1. The number of anilines is 1. The zero-order valence-corrected chi connectivity index (χ0v) is 14.4. The normalized spacial score (nSPS) is 26.2. The minimum absolute atomic E-state index is 0.0391. The van der Waals surface area contributed by atoms with Crippen molar-refractivity contribution >= 4 is 42.1 Å². The summed E-state index contributed by atoms with van der Waals surface area (Å²) >= 11 is 6.17. The zero-order chi connectivity index (χ0) is 16.4. The van der Waals surface area contributed by atoms with Gasteiger partial charge in [-0.1, -0.05) is 6.42 Å². The molecule has 1 aromatic rings. The highest BCUT2D eigenvalue weighted by Crippen LogP contribution is 2.39. The summed E-state index contributed by atoms with van der Waals surface area (Å²) in [4.78, 5) is 25.7. The lowest BCUT2D eigenvalue weighted by atomic mass is 10.0. The molecule has 5 nitrogen and oxygen atoms in total. The third-order valence-corrected chi connectivity index (χ3v) is 6.16. The van der Waals surface area contributed by atoms with E-state index in [0.29, 0.717) is 11.7 Å². The Hall–Kier alpha value is -1.34. The first kappa shape index (κ1) is 16.5. The molecule has 3 atom stereocenters. The third kappa shape index (κ3) is 3.61. The van der Waals surface area contributed by atoms with Gasteiger partial charge >= 0.3 is 12.0 Å². The van der Waals surface area contributed by atoms with Crippen molar-refractivity contribution < 1.29 is 14.7 Å². The molecule has 0 aromatic heterocycles. The smallest absolute Gasteiger partial charge is 0.322 e. The number of rotatable bonds is 6. The van der Waals surface area contributed by atoms with Gasteiger partial charge in [0.05, 0.1) is 12.1 Å². The van der Waals surface area contributed by atoms with E-state index in [9.17, 15) is 9.59 Å². The van der Waals surface area contributed by atoms with E-state index < -0.39 is 5.97 Å². The second-order valence-corrected chi connectivity index (χ2v) is 7.73. The van der Waals surface area contributed by atoms with E-state index in [0.717, 1.165) is 29.2 Å². The summed E-state index contributed by atoms with van der Waals surface area (Å²) in [6, 6.07) is 7.91. The molecule has 2 saturated heterocycles. The predicted octanol–water partition coefficient (Wildman–Crippen LogP) is 3.00. The van der Waals surface area contributed by atoms with Crippen molar-refractivity contribution in [3.63, 3.8) is 0 Å². The van der Waals surface area contributed by atoms with Gasteiger partial charge in [0.1, 0.15) is 0 Å². The Bertz CT molecular complexity index is 593. The van der Waals surface area contributed by atoms with Crippen molar-refractivity contribution in [3.8, 4) is 0 Å². The quantitative estimate of drug-likeness (QED) is 0.418. The lowest BCUT2D eigenvalue weighted by molar-refractivity contribution is -0.137. The van der Waals surface area contributed by atoms with Gasteiger partial charge in [-0.3, -0.25) is 9.69 Å². The van der Waals surface area contributed by atoms with Crippen molar-refractivity contribution in [2.75, 3.05) is 10.7 Å². The second kappa shape index (κ2) is 7.05. The highest BCUT2D eigenvalue weighted by atomic mass is 32.2. The summed E-state index contributed by atoms with van der Waals surface area (Å²) in [6.07, 6.45) is 2.73. The summed E-state index contributed by atoms with van der Waals surface area (Å²) in [6.45, 7) is 0. The number of thiol groups is 1. The van der Waals surface area contributed by atoms with E-state index in [4.69, 9.17) is 5.11 Å². The Kier molecular flexibility index (Phi) is 5.06. The van der Waals surface area contributed by atoms with E-state index >= 15 is 0 Å². The molecule has 2 N–H and O–H groups in total. The van der Waals surface area contributed by atoms with Crippen LogP contribution in [-0.4, -0.2) is 40.2 Å². The van der Waals surface area contributed by atoms with Crippen molar-refractivity contribution in [2.45, 2.75) is 47.9 Å². The van der Waals surface area contributed by atoms with Crippen LogP contribution in [0.25, 0.3) is 0 Å². The van der Waals surface area contributed by atoms with Crippen molar-refractivity contribution in [1.82, 2.24) is 5.32 Å². The van der Waals surface area contributed by atoms with Crippen LogP contribution >= 0.6 is 24.4 Å². The number of thioether (sulfide) groups is 1. The molecular formula is C16H20N2O3S2. The largest absolute Gasteiger partial charge is 0.481 e. The van der Waals surface area contributed by atoms with Gasteiger partial charge in [0.2, 0.25) is 0 Å². The minimum Gasteiger partial charge on any atom is -0.481 e. The molecule has 1 aromatic carbocycles. The number of amides is 2. The second-order valence-electron chi connectivity index (χ2n) is 5.94. The standard InChI is InChI=1S/C16H20N2O3S2/c19-14(20)4-2-1-3-13-15-12(9-23-13)17-16(21)18(15)10-5-7-11(22)8-6-10/h5-8,12-13,15,22H,1-4,9H2,(H,17,21)(H,19,20)/t12-,13-,15-/m1/s1. The van der Waals surface area contributed by atoms with E-state index in [1.807, 2.05) is 40.9 Å². The lowest BCUT2D eigenvalue weighted by Crippen LogP contribution is -2.41. The average molecular weight is 352 g/mol. The summed E-state index contributed by atoms with van der Waals surface area (Å²) in [5.74, 6) is 0.175. The van der Waals surface area contributed by atoms with E-state index in [1.54, 1.807) is 0 Å². The van der Waals surface area contributed by atoms with Crippen LogP contribution in [0, 0.1) is 0 Å². The molecule has 0 unspecified atom stereocenters. The van der Waals surface area contributed by atoms with E-state index in [-0.39, 0.29) is 24.5 Å². The first-order chi connectivity index (χ1) is 11.1. The number of aliphatic carboxylic acids is 1. The summed E-state index contributed by atoms with van der Waals surface area (Å²) in [5.41, 5.74) is 0.894. The molecule has 0 saturated carbocycles. The maximum atomic E-state index is 12.3. The van der Waals surface area contributed by atoms with Crippen LogP contribution in [0.3, 0.4) is 0 Å². The van der Waals surface area contributed by atoms with E-state index in [1.165, 1.54) is 0 Å². The average Bonchev–Trinajstić information content (AvgIpc) is 3.03. The van der Waals surface area contributed by atoms with Crippen LogP contribution in [0.5, 0.6) is 0 Å². The minimum atomic E-state index is -0.742. The van der Waals surface area contributed by atoms with Crippen LogP contribution in [-0.2, 0) is 4.79 Å². The first-order valence-electron chi connectivity index (χ1n) is 7.78. The number of carboxylic acid groups (broad SMARTS) is 1. The number of hydrogen-bond donors (Lipinski definition) is 3. The van der Waals surface area contributed by atoms with Gasteiger partial charge in [0.15, 0.2) is 0 Å². The topological polar surface area (TPSA) is 69.6 Å². The molecule has 0 bridgehead atoms. The van der Waals surface area contributed by atoms with Crippen molar-refractivity contribution in [2.24, 2.45) is 0 Å². The number of carbonyl (C=O) groups is 2. The number of hydrogen-bond acceptors (Lipinski definition) is 4. The Morgan fingerprint density at radius 1 is 1.35 bits per heavy atom. The fraction of sp³-hybridized carbons (Fsp3) is 0.500. The Balaban J connectivity index is 1.69. The summed E-state index contributed by atoms with van der Waals surface area (Å²) < 4.78 is 0. The molecular weight excluding hydrogens is 332 g/mol. The number of carboxylic acids is 1. The van der Waals surface area contributed by atoms with Crippen LogP contribution in [0.4, 0.5) is 10.5 Å². The molecule has 2 aliphatic rings. The monoisotopic (exact) mass is 352 g/mol. The lowest BCUT2D eigenvalue weighted by Gasteiger charge is -2.27. The molecule has 7 heteroatoms. The van der Waals surface area contributed by atoms with Crippen LogP contribution in [0.1, 0.15) is 25.7 Å². The molecule has 3 rings (SSSR count). The van der Waals surface area contributed by atoms with Crippen molar-refractivity contribution in [3.05, 3.63) is 24.3 Å². The van der Waals surface area contributed by atoms with Gasteiger partial charge in [0, 0.05) is 28.0 Å². The van der Waals surface area contributed by atoms with Crippen LogP contribution in [0.2, 0.25) is 0 Å². The fourth-order valence-electron chi connectivity index (χ4n) is 3.30. The number of carbonyl (C=O) groups excluding carboxylic acids is 1. The highest BCUT2D eigenvalue weighted by Gasteiger charge is 2.48. The first-order valence-corrected chi connectivity index (χ1v) is 9.28. The van der Waals surface area contributed by atoms with Crippen LogP contribution in [0.15, 0.2) is 29.2 Å². The number of unbranched alkanes of at least 4 members (excludes halogenated alkanes) is 1. The number of nitrogens with zero attached hydrogens (tertiary/aromatic N) is 1. The molecule has 2 heterocycles. The van der Waals surface area contributed by atoms with Gasteiger partial charge in [-0.15, -0.1) is 12.6 Å². The zero-order valence-electron chi connectivity index (χ0n) is 12.6. The van der Waals surface area contributed by atoms with Gasteiger partial charge < -0.3 is 10.4 Å². The van der Waals surface area contributed by atoms with Gasteiger partial charge in [-0.25, -0.2) is 4.79 Å². The maximum Gasteiger partial charge on any atom is 0.322 e. The molecule has 2 amide bonds. The molecule has 0 spiro atoms. The Morgan fingerprint density at radius 2 is 2.09 bits per heavy atom. The molecule has 2 aliphatic heterocycles. The third-order valence-electron chi connectivity index (χ3n) is 4.37. The maximum absolute atomic E-state index is 12.3. The van der Waals surface area contributed by atoms with E-state index in [2.05, 4.69) is 17.9 Å². The molecule has 23 heavy (non-hydrogen) atoms. The number of benzene rings is 1. The van der Waals surface area contributed by atoms with Gasteiger partial charge in [-0.2, -0.15) is 11.8 Å². The highest BCUT2D eigenvalue weighted by molar-refractivity contribution is 8.00. The predicted molar refractivity (Wildman–Crippen MR) is 94.6 cm³/mol. The molecule has 0 radical (unpaired) electrons. The number of nitrogens with one attached hydrogen (secondary N) is 1. The Labute approximate surface area is 145 Å². The summed E-state index contributed by atoms with van der Waals surface area (Å²) in [5, 5.41) is 12.2. The molecule has 2 fully saturated rings. The molecule has 0 aliphatic carbocycles.